The van der Waals surface area contributed by atoms with Crippen molar-refractivity contribution in [2.24, 2.45) is 0 Å². The van der Waals surface area contributed by atoms with E-state index >= 15 is 0 Å². The van der Waals surface area contributed by atoms with E-state index in [0.717, 1.165) is 11.8 Å². The van der Waals surface area contributed by atoms with E-state index in [2.05, 4.69) is 5.32 Å². The molecule has 0 aliphatic rings. The Bertz CT molecular complexity index is 1570. The monoisotopic (exact) mass is 477 g/mol. The molecule has 7 nitrogen and oxygen atoms in total. The van der Waals surface area contributed by atoms with E-state index in [1.807, 2.05) is 19.9 Å². The Hall–Kier alpha value is -3.91. The summed E-state index contributed by atoms with van der Waals surface area (Å²) in [6.07, 6.45) is 1.13. The zero-order valence-corrected chi connectivity index (χ0v) is 19.6. The van der Waals surface area contributed by atoms with E-state index < -0.39 is 15.8 Å². The van der Waals surface area contributed by atoms with Gasteiger partial charge in [0.2, 0.25) is 0 Å². The molecule has 0 unspecified atom stereocenters. The summed E-state index contributed by atoms with van der Waals surface area (Å²) in [7, 11) is -3.35. The first-order chi connectivity index (χ1) is 16.0. The number of aromatic carboxylic acids is 1. The van der Waals surface area contributed by atoms with Gasteiger partial charge in [-0.2, -0.15) is 0 Å². The summed E-state index contributed by atoms with van der Waals surface area (Å²) in [4.78, 5) is 24.7. The molecule has 1 atom stereocenters. The number of benzene rings is 3. The first-order valence-electron chi connectivity index (χ1n) is 10.5. The molecule has 0 bridgehead atoms. The van der Waals surface area contributed by atoms with Crippen molar-refractivity contribution in [1.29, 1.82) is 0 Å². The van der Waals surface area contributed by atoms with Gasteiger partial charge in [0.1, 0.15) is 11.3 Å². The minimum absolute atomic E-state index is 0.138. The number of hydrogen-bond donors (Lipinski definition) is 2. The van der Waals surface area contributed by atoms with Crippen molar-refractivity contribution in [1.82, 2.24) is 0 Å². The number of hydrogen-bond acceptors (Lipinski definition) is 6. The van der Waals surface area contributed by atoms with Gasteiger partial charge in [0, 0.05) is 29.1 Å². The molecule has 4 aromatic rings. The van der Waals surface area contributed by atoms with Crippen LogP contribution in [0.3, 0.4) is 0 Å². The van der Waals surface area contributed by atoms with Crippen molar-refractivity contribution in [3.8, 4) is 11.3 Å². The number of anilines is 1. The maximum Gasteiger partial charge on any atom is 0.337 e. The maximum absolute atomic E-state index is 13.0. The number of carboxylic acid groups (broad SMARTS) is 1. The molecule has 1 heterocycles. The number of carboxylic acids is 1. The summed E-state index contributed by atoms with van der Waals surface area (Å²) >= 11 is 0. The average Bonchev–Trinajstić information content (AvgIpc) is 2.78. The maximum atomic E-state index is 13.0. The van der Waals surface area contributed by atoms with Gasteiger partial charge in [0.15, 0.2) is 15.3 Å². The van der Waals surface area contributed by atoms with E-state index in [9.17, 15) is 23.1 Å². The van der Waals surface area contributed by atoms with Crippen molar-refractivity contribution in [3.05, 3.63) is 93.6 Å². The van der Waals surface area contributed by atoms with Crippen LogP contribution in [0.2, 0.25) is 0 Å². The second-order valence-electron chi connectivity index (χ2n) is 8.22. The fourth-order valence-electron chi connectivity index (χ4n) is 3.87. The summed E-state index contributed by atoms with van der Waals surface area (Å²) in [5.41, 5.74) is 2.86. The lowest BCUT2D eigenvalue weighted by molar-refractivity contribution is 0.0698. The van der Waals surface area contributed by atoms with Crippen LogP contribution >= 0.6 is 0 Å². The molecule has 1 aromatic heterocycles. The predicted molar refractivity (Wildman–Crippen MR) is 131 cm³/mol. The number of fused-ring (bicyclic) bond motifs is 1. The molecule has 2 N–H and O–H groups in total. The summed E-state index contributed by atoms with van der Waals surface area (Å²) in [5.74, 6) is -0.739. The van der Waals surface area contributed by atoms with E-state index in [1.54, 1.807) is 36.4 Å². The van der Waals surface area contributed by atoms with E-state index in [4.69, 9.17) is 4.42 Å². The third kappa shape index (κ3) is 4.58. The summed E-state index contributed by atoms with van der Waals surface area (Å²) in [6, 6.07) is 17.4. The summed E-state index contributed by atoms with van der Waals surface area (Å²) < 4.78 is 29.7. The normalized spacial score (nSPS) is 12.4. The third-order valence-corrected chi connectivity index (χ3v) is 6.69. The van der Waals surface area contributed by atoms with Crippen LogP contribution in [0.25, 0.3) is 22.3 Å². The van der Waals surface area contributed by atoms with Crippen LogP contribution in [0.4, 0.5) is 5.69 Å². The van der Waals surface area contributed by atoms with E-state index in [1.165, 1.54) is 24.3 Å². The quantitative estimate of drug-likeness (QED) is 0.400. The summed E-state index contributed by atoms with van der Waals surface area (Å²) in [5, 5.41) is 13.1. The van der Waals surface area contributed by atoms with Gasteiger partial charge in [0.05, 0.1) is 21.9 Å². The number of aryl methyl sites for hydroxylation is 1. The zero-order valence-electron chi connectivity index (χ0n) is 18.8. The Morgan fingerprint density at radius 3 is 2.35 bits per heavy atom. The minimum atomic E-state index is -3.35. The predicted octanol–water partition coefficient (Wildman–Crippen LogP) is 5.04. The molecule has 0 saturated heterocycles. The van der Waals surface area contributed by atoms with Crippen LogP contribution < -0.4 is 10.7 Å². The van der Waals surface area contributed by atoms with E-state index in [0.29, 0.717) is 33.5 Å². The molecule has 8 heteroatoms. The topological polar surface area (TPSA) is 114 Å². The standard InChI is InChI=1S/C26H23NO6S/c1-15-12-20(16(2)27-22-7-5-4-6-19(22)26(29)30)25-21(13-15)23(28)14-24(33-25)17-8-10-18(11-9-17)34(3,31)32/h4-14,16,27H,1-3H3,(H,29,30)/t16-/m1/s1. The molecular formula is C26H23NO6S. The molecule has 4 rings (SSSR count). The second-order valence-corrected chi connectivity index (χ2v) is 10.2. The Morgan fingerprint density at radius 2 is 1.71 bits per heavy atom. The van der Waals surface area contributed by atoms with Crippen LogP contribution in [0.1, 0.15) is 34.5 Å². The van der Waals surface area contributed by atoms with E-state index in [-0.39, 0.29) is 21.9 Å². The van der Waals surface area contributed by atoms with Crippen LogP contribution in [0.15, 0.2) is 80.8 Å². The molecular weight excluding hydrogens is 454 g/mol. The summed E-state index contributed by atoms with van der Waals surface area (Å²) in [6.45, 7) is 3.73. The highest BCUT2D eigenvalue weighted by Gasteiger charge is 2.18. The highest BCUT2D eigenvalue weighted by Crippen LogP contribution is 2.31. The smallest absolute Gasteiger partial charge is 0.337 e. The Morgan fingerprint density at radius 1 is 1.03 bits per heavy atom. The molecule has 0 spiro atoms. The first kappa shape index (κ1) is 23.3. The van der Waals surface area contributed by atoms with Crippen molar-refractivity contribution >= 4 is 32.5 Å². The number of nitrogens with one attached hydrogen (secondary N) is 1. The number of rotatable bonds is 6. The molecule has 0 radical (unpaired) electrons. The number of para-hydroxylation sites is 1. The highest BCUT2D eigenvalue weighted by molar-refractivity contribution is 7.90. The minimum Gasteiger partial charge on any atom is -0.478 e. The van der Waals surface area contributed by atoms with Crippen molar-refractivity contribution in [2.45, 2.75) is 24.8 Å². The van der Waals surface area contributed by atoms with Gasteiger partial charge in [-0.3, -0.25) is 4.79 Å². The van der Waals surface area contributed by atoms with Crippen LogP contribution in [-0.2, 0) is 9.84 Å². The van der Waals surface area contributed by atoms with Crippen LogP contribution in [0, 0.1) is 6.92 Å². The van der Waals surface area contributed by atoms with Crippen LogP contribution in [-0.4, -0.2) is 25.7 Å². The molecule has 0 fully saturated rings. The fourth-order valence-corrected chi connectivity index (χ4v) is 4.50. The molecule has 0 aliphatic heterocycles. The third-order valence-electron chi connectivity index (χ3n) is 5.56. The van der Waals surface area contributed by atoms with Gasteiger partial charge in [-0.05, 0) is 61.9 Å². The van der Waals surface area contributed by atoms with Gasteiger partial charge in [-0.15, -0.1) is 0 Å². The van der Waals surface area contributed by atoms with Crippen molar-refractivity contribution in [3.63, 3.8) is 0 Å². The Labute approximate surface area is 196 Å². The fraction of sp³-hybridized carbons (Fsp3) is 0.154. The molecule has 3 aromatic carbocycles. The lowest BCUT2D eigenvalue weighted by atomic mass is 10.00. The van der Waals surface area contributed by atoms with Gasteiger partial charge < -0.3 is 14.8 Å². The molecule has 34 heavy (non-hydrogen) atoms. The SMILES string of the molecule is Cc1cc([C@@H](C)Nc2ccccc2C(=O)O)c2oc(-c3ccc(S(C)(=O)=O)cc3)cc(=O)c2c1. The van der Waals surface area contributed by atoms with Gasteiger partial charge in [-0.1, -0.05) is 18.2 Å². The van der Waals surface area contributed by atoms with Gasteiger partial charge in [-0.25, -0.2) is 13.2 Å². The number of carbonyl (C=O) groups is 1. The largest absolute Gasteiger partial charge is 0.478 e. The first-order valence-corrected chi connectivity index (χ1v) is 12.4. The lowest BCUT2D eigenvalue weighted by Gasteiger charge is -2.19. The zero-order chi connectivity index (χ0) is 24.6. The van der Waals surface area contributed by atoms with Crippen LogP contribution in [0.5, 0.6) is 0 Å². The second kappa shape index (κ2) is 8.79. The average molecular weight is 478 g/mol. The Kier molecular flexibility index (Phi) is 6.01. The molecule has 174 valence electrons. The number of sulfone groups is 1. The Balaban J connectivity index is 1.82. The molecule has 0 aliphatic carbocycles. The van der Waals surface area contributed by atoms with Gasteiger partial charge >= 0.3 is 5.97 Å². The van der Waals surface area contributed by atoms with Gasteiger partial charge in [0.25, 0.3) is 0 Å². The molecule has 0 saturated carbocycles. The highest BCUT2D eigenvalue weighted by atomic mass is 32.2. The lowest BCUT2D eigenvalue weighted by Crippen LogP contribution is -2.12. The van der Waals surface area contributed by atoms with Crippen molar-refractivity contribution < 1.29 is 22.7 Å². The molecule has 0 amide bonds. The van der Waals surface area contributed by atoms with Crippen molar-refractivity contribution in [2.75, 3.05) is 11.6 Å².